The van der Waals surface area contributed by atoms with Crippen LogP contribution < -0.4 is 5.32 Å². The maximum Gasteiger partial charge on any atom is 0.408 e. The third-order valence-corrected chi connectivity index (χ3v) is 5.62. The van der Waals surface area contributed by atoms with Gasteiger partial charge in [-0.1, -0.05) is 31.9 Å². The predicted octanol–water partition coefficient (Wildman–Crippen LogP) is 5.24. The van der Waals surface area contributed by atoms with Gasteiger partial charge in [-0.05, 0) is 50.1 Å². The first kappa shape index (κ1) is 22.4. The summed E-state index contributed by atoms with van der Waals surface area (Å²) in [4.78, 5) is 29.7. The molecule has 0 bridgehead atoms. The van der Waals surface area contributed by atoms with Crippen LogP contribution in [0.4, 0.5) is 4.79 Å². The summed E-state index contributed by atoms with van der Waals surface area (Å²) in [7, 11) is 0. The minimum atomic E-state index is -0.628. The number of unbranched alkanes of at least 4 members (excludes halogenated alkanes) is 1. The van der Waals surface area contributed by atoms with Gasteiger partial charge in [0.15, 0.2) is 0 Å². The van der Waals surface area contributed by atoms with Crippen molar-refractivity contribution in [3.05, 3.63) is 51.7 Å². The number of carbonyl (C=O) groups is 2. The molecule has 0 fully saturated rings. The third-order valence-electron chi connectivity index (χ3n) is 3.90. The average molecular weight is 422 g/mol. The van der Waals surface area contributed by atoms with Gasteiger partial charge in [-0.3, -0.25) is 4.79 Å². The van der Waals surface area contributed by atoms with Crippen molar-refractivity contribution in [1.82, 2.24) is 10.2 Å². The predicted molar refractivity (Wildman–Crippen MR) is 115 cm³/mol. The van der Waals surface area contributed by atoms with Gasteiger partial charge in [-0.2, -0.15) is 0 Å². The van der Waals surface area contributed by atoms with Gasteiger partial charge in [0.05, 0.1) is 13.1 Å². The van der Waals surface area contributed by atoms with Crippen LogP contribution in [0.5, 0.6) is 0 Å². The van der Waals surface area contributed by atoms with Crippen molar-refractivity contribution in [3.8, 4) is 0 Å². The van der Waals surface area contributed by atoms with E-state index in [0.29, 0.717) is 25.9 Å². The van der Waals surface area contributed by atoms with E-state index in [1.807, 2.05) is 39.9 Å². The highest BCUT2D eigenvalue weighted by Gasteiger charge is 2.28. The summed E-state index contributed by atoms with van der Waals surface area (Å²) in [5.74, 6) is -0.0962. The van der Waals surface area contributed by atoms with E-state index in [2.05, 4.69) is 12.2 Å². The van der Waals surface area contributed by atoms with Crippen LogP contribution >= 0.6 is 22.7 Å². The number of rotatable bonds is 9. The van der Waals surface area contributed by atoms with E-state index in [1.54, 1.807) is 43.4 Å². The SMILES string of the molecule is [CH2]CCC[C@@H](NC(=O)OC(C)(C)C)C(=O)N(Cc1cccs1)Cc1cccs1. The van der Waals surface area contributed by atoms with Crippen LogP contribution in [0.25, 0.3) is 0 Å². The second-order valence-electron chi connectivity index (χ2n) is 7.55. The molecule has 1 atom stereocenters. The molecule has 0 spiro atoms. The Bertz CT molecular complexity index is 685. The lowest BCUT2D eigenvalue weighted by atomic mass is 10.1. The monoisotopic (exact) mass is 421 g/mol. The Morgan fingerprint density at radius 2 is 1.71 bits per heavy atom. The van der Waals surface area contributed by atoms with Crippen molar-refractivity contribution in [3.63, 3.8) is 0 Å². The standard InChI is InChI=1S/C21H29N2O3S2/c1-5-6-11-18(22-20(25)26-21(2,3)4)19(24)23(14-16-9-7-12-27-16)15-17-10-8-13-28-17/h7-10,12-13,18H,1,5-6,11,14-15H2,2-4H3,(H,22,25)/t18-/m1/s1. The van der Waals surface area contributed by atoms with E-state index in [4.69, 9.17) is 4.74 Å². The average Bonchev–Trinajstić information content (AvgIpc) is 3.29. The van der Waals surface area contributed by atoms with Crippen LogP contribution in [0, 0.1) is 6.92 Å². The molecule has 2 aromatic rings. The first-order chi connectivity index (χ1) is 13.3. The minimum Gasteiger partial charge on any atom is -0.444 e. The van der Waals surface area contributed by atoms with Crippen LogP contribution in [-0.4, -0.2) is 28.5 Å². The molecule has 1 N–H and O–H groups in total. The van der Waals surface area contributed by atoms with Gasteiger partial charge in [0.25, 0.3) is 0 Å². The second-order valence-corrected chi connectivity index (χ2v) is 9.61. The van der Waals surface area contributed by atoms with E-state index in [9.17, 15) is 9.59 Å². The molecule has 2 rings (SSSR count). The Balaban J connectivity index is 2.15. The van der Waals surface area contributed by atoms with Crippen molar-refractivity contribution in [2.24, 2.45) is 0 Å². The van der Waals surface area contributed by atoms with Crippen molar-refractivity contribution < 1.29 is 14.3 Å². The second kappa shape index (κ2) is 10.6. The molecule has 0 saturated carbocycles. The molecular formula is C21H29N2O3S2. The van der Waals surface area contributed by atoms with E-state index < -0.39 is 17.7 Å². The van der Waals surface area contributed by atoms with E-state index in [1.165, 1.54) is 0 Å². The summed E-state index contributed by atoms with van der Waals surface area (Å²) in [5.41, 5.74) is -0.613. The number of thiophene rings is 2. The number of hydrogen-bond acceptors (Lipinski definition) is 5. The number of ether oxygens (including phenoxy) is 1. The lowest BCUT2D eigenvalue weighted by molar-refractivity contribution is -0.134. The first-order valence-corrected chi connectivity index (χ1v) is 11.2. The van der Waals surface area contributed by atoms with Gasteiger partial charge in [-0.15, -0.1) is 22.7 Å². The number of alkyl carbamates (subject to hydrolysis) is 1. The molecule has 0 aliphatic carbocycles. The maximum atomic E-state index is 13.3. The normalized spacial score (nSPS) is 12.4. The van der Waals surface area contributed by atoms with Gasteiger partial charge in [0.1, 0.15) is 11.6 Å². The molecule has 2 aromatic heterocycles. The molecule has 0 aromatic carbocycles. The van der Waals surface area contributed by atoms with Gasteiger partial charge < -0.3 is 15.0 Å². The molecule has 2 heterocycles. The highest BCUT2D eigenvalue weighted by Crippen LogP contribution is 2.19. The zero-order valence-corrected chi connectivity index (χ0v) is 18.4. The van der Waals surface area contributed by atoms with Gasteiger partial charge in [0.2, 0.25) is 5.91 Å². The Hall–Kier alpha value is -1.86. The number of hydrogen-bond donors (Lipinski definition) is 1. The summed E-state index contributed by atoms with van der Waals surface area (Å²) in [5, 5.41) is 6.78. The molecule has 7 heteroatoms. The fraction of sp³-hybridized carbons (Fsp3) is 0.476. The Morgan fingerprint density at radius 1 is 1.14 bits per heavy atom. The Kier molecular flexibility index (Phi) is 8.51. The Labute approximate surface area is 175 Å². The van der Waals surface area contributed by atoms with Crippen LogP contribution in [-0.2, 0) is 22.6 Å². The van der Waals surface area contributed by atoms with E-state index in [-0.39, 0.29) is 5.91 Å². The molecule has 0 unspecified atom stereocenters. The highest BCUT2D eigenvalue weighted by molar-refractivity contribution is 7.10. The number of nitrogens with one attached hydrogen (secondary N) is 1. The zero-order valence-electron chi connectivity index (χ0n) is 16.8. The number of amides is 2. The fourth-order valence-electron chi connectivity index (χ4n) is 2.67. The topological polar surface area (TPSA) is 58.6 Å². The van der Waals surface area contributed by atoms with Gasteiger partial charge >= 0.3 is 6.09 Å². The molecule has 5 nitrogen and oxygen atoms in total. The molecule has 2 amide bonds. The summed E-state index contributed by atoms with van der Waals surface area (Å²) in [6.45, 7) is 10.3. The molecule has 0 aliphatic rings. The molecular weight excluding hydrogens is 392 g/mol. The van der Waals surface area contributed by atoms with Crippen LogP contribution in [0.3, 0.4) is 0 Å². The van der Waals surface area contributed by atoms with E-state index in [0.717, 1.165) is 16.2 Å². The van der Waals surface area contributed by atoms with Crippen LogP contribution in [0.15, 0.2) is 35.0 Å². The summed E-state index contributed by atoms with van der Waals surface area (Å²) in [6, 6.07) is 7.37. The number of carbonyl (C=O) groups excluding carboxylic acids is 2. The lowest BCUT2D eigenvalue weighted by Crippen LogP contribution is -2.49. The fourth-order valence-corrected chi connectivity index (χ4v) is 4.11. The third kappa shape index (κ3) is 7.64. The minimum absolute atomic E-state index is 0.0962. The van der Waals surface area contributed by atoms with Crippen molar-refractivity contribution in [2.75, 3.05) is 0 Å². The number of nitrogens with zero attached hydrogens (tertiary/aromatic N) is 1. The Morgan fingerprint density at radius 3 is 2.14 bits per heavy atom. The molecule has 0 aliphatic heterocycles. The van der Waals surface area contributed by atoms with Gasteiger partial charge in [-0.25, -0.2) is 4.79 Å². The van der Waals surface area contributed by atoms with Crippen molar-refractivity contribution in [2.45, 2.75) is 64.8 Å². The summed E-state index contributed by atoms with van der Waals surface area (Å²) in [6.07, 6.45) is 1.42. The molecule has 1 radical (unpaired) electrons. The largest absolute Gasteiger partial charge is 0.444 e. The molecule has 153 valence electrons. The quantitative estimate of drug-likeness (QED) is 0.603. The zero-order chi connectivity index (χ0) is 20.6. The van der Waals surface area contributed by atoms with Crippen molar-refractivity contribution >= 4 is 34.7 Å². The summed E-state index contributed by atoms with van der Waals surface area (Å²) >= 11 is 3.24. The highest BCUT2D eigenvalue weighted by atomic mass is 32.1. The molecule has 28 heavy (non-hydrogen) atoms. The maximum absolute atomic E-state index is 13.3. The van der Waals surface area contributed by atoms with Crippen LogP contribution in [0.1, 0.15) is 49.8 Å². The van der Waals surface area contributed by atoms with Crippen molar-refractivity contribution in [1.29, 1.82) is 0 Å². The first-order valence-electron chi connectivity index (χ1n) is 9.41. The van der Waals surface area contributed by atoms with E-state index >= 15 is 0 Å². The molecule has 0 saturated heterocycles. The smallest absolute Gasteiger partial charge is 0.408 e. The lowest BCUT2D eigenvalue weighted by Gasteiger charge is -2.28. The van der Waals surface area contributed by atoms with Crippen LogP contribution in [0.2, 0.25) is 0 Å². The summed E-state index contributed by atoms with van der Waals surface area (Å²) < 4.78 is 5.36. The van der Waals surface area contributed by atoms with Gasteiger partial charge in [0, 0.05) is 9.75 Å².